The van der Waals surface area contributed by atoms with E-state index >= 15 is 0 Å². The molecule has 0 bridgehead atoms. The maximum atomic E-state index is 13.7. The largest absolute Gasteiger partial charge is 0.316 e. The second-order valence-electron chi connectivity index (χ2n) is 5.40. The minimum absolute atomic E-state index is 0.118. The van der Waals surface area contributed by atoms with Crippen LogP contribution in [0.4, 0.5) is 4.39 Å². The first kappa shape index (κ1) is 14.7. The monoisotopic (exact) mass is 271 g/mol. The van der Waals surface area contributed by atoms with Crippen LogP contribution in [0.5, 0.6) is 0 Å². The molecule has 1 atom stereocenters. The van der Waals surface area contributed by atoms with Crippen molar-refractivity contribution in [1.82, 2.24) is 5.32 Å². The third kappa shape index (κ3) is 3.67. The SMILES string of the molecule is CNC(Cc1ccc(C)c(C)c1)Cc1ccccc1F. The Morgan fingerprint density at radius 1 is 1.00 bits per heavy atom. The van der Waals surface area contributed by atoms with E-state index in [0.29, 0.717) is 6.42 Å². The Bertz CT molecular complexity index is 577. The van der Waals surface area contributed by atoms with Crippen LogP contribution in [0.1, 0.15) is 22.3 Å². The summed E-state index contributed by atoms with van der Waals surface area (Å²) in [5.74, 6) is -0.118. The van der Waals surface area contributed by atoms with Crippen molar-refractivity contribution in [2.75, 3.05) is 7.05 Å². The molecule has 0 aliphatic carbocycles. The molecule has 2 rings (SSSR count). The Kier molecular flexibility index (Phi) is 4.91. The number of hydrogen-bond donors (Lipinski definition) is 1. The van der Waals surface area contributed by atoms with Crippen LogP contribution in [0.2, 0.25) is 0 Å². The van der Waals surface area contributed by atoms with E-state index in [-0.39, 0.29) is 11.9 Å². The molecule has 0 fully saturated rings. The molecule has 2 aromatic carbocycles. The lowest BCUT2D eigenvalue weighted by Gasteiger charge is -2.17. The lowest BCUT2D eigenvalue weighted by atomic mass is 9.96. The Hall–Kier alpha value is -1.67. The van der Waals surface area contributed by atoms with Crippen molar-refractivity contribution in [1.29, 1.82) is 0 Å². The van der Waals surface area contributed by atoms with Gasteiger partial charge in [-0.1, -0.05) is 36.4 Å². The molecule has 0 spiro atoms. The highest BCUT2D eigenvalue weighted by atomic mass is 19.1. The summed E-state index contributed by atoms with van der Waals surface area (Å²) in [5.41, 5.74) is 4.69. The predicted molar refractivity (Wildman–Crippen MR) is 82.6 cm³/mol. The van der Waals surface area contributed by atoms with E-state index in [2.05, 4.69) is 37.4 Å². The molecule has 0 aliphatic rings. The van der Waals surface area contributed by atoms with Gasteiger partial charge >= 0.3 is 0 Å². The van der Waals surface area contributed by atoms with Crippen molar-refractivity contribution in [3.8, 4) is 0 Å². The van der Waals surface area contributed by atoms with Gasteiger partial charge in [-0.2, -0.15) is 0 Å². The summed E-state index contributed by atoms with van der Waals surface area (Å²) in [6.45, 7) is 4.25. The first-order valence-electron chi connectivity index (χ1n) is 7.07. The van der Waals surface area contributed by atoms with Crippen molar-refractivity contribution >= 4 is 0 Å². The molecule has 2 aromatic rings. The number of nitrogens with one attached hydrogen (secondary N) is 1. The molecule has 0 aliphatic heterocycles. The third-order valence-corrected chi connectivity index (χ3v) is 3.89. The number of benzene rings is 2. The van der Waals surface area contributed by atoms with Crippen molar-refractivity contribution in [2.45, 2.75) is 32.7 Å². The number of halogens is 1. The van der Waals surface area contributed by atoms with E-state index in [9.17, 15) is 4.39 Å². The van der Waals surface area contributed by atoms with E-state index in [1.165, 1.54) is 22.8 Å². The van der Waals surface area contributed by atoms with E-state index < -0.39 is 0 Å². The Morgan fingerprint density at radius 3 is 2.40 bits per heavy atom. The average Bonchev–Trinajstić information content (AvgIpc) is 2.44. The normalized spacial score (nSPS) is 12.4. The second-order valence-corrected chi connectivity index (χ2v) is 5.40. The van der Waals surface area contributed by atoms with Crippen LogP contribution in [0, 0.1) is 19.7 Å². The van der Waals surface area contributed by atoms with Gasteiger partial charge in [0.1, 0.15) is 5.82 Å². The lowest BCUT2D eigenvalue weighted by molar-refractivity contribution is 0.532. The molecule has 1 N–H and O–H groups in total. The van der Waals surface area contributed by atoms with Crippen LogP contribution in [0.15, 0.2) is 42.5 Å². The van der Waals surface area contributed by atoms with Crippen molar-refractivity contribution < 1.29 is 4.39 Å². The van der Waals surface area contributed by atoms with Crippen LogP contribution < -0.4 is 5.32 Å². The van der Waals surface area contributed by atoms with E-state index in [0.717, 1.165) is 12.0 Å². The fourth-order valence-electron chi connectivity index (χ4n) is 2.42. The fourth-order valence-corrected chi connectivity index (χ4v) is 2.42. The molecule has 0 aromatic heterocycles. The van der Waals surface area contributed by atoms with Gasteiger partial charge in [0.05, 0.1) is 0 Å². The summed E-state index contributed by atoms with van der Waals surface area (Å²) in [6.07, 6.45) is 1.61. The minimum atomic E-state index is -0.118. The third-order valence-electron chi connectivity index (χ3n) is 3.89. The summed E-state index contributed by atoms with van der Waals surface area (Å²) in [4.78, 5) is 0. The Balaban J connectivity index is 2.09. The molecule has 0 amide bonds. The topological polar surface area (TPSA) is 12.0 Å². The zero-order valence-corrected chi connectivity index (χ0v) is 12.4. The number of hydrogen-bond acceptors (Lipinski definition) is 1. The summed E-state index contributed by atoms with van der Waals surface area (Å²) < 4.78 is 13.7. The zero-order valence-electron chi connectivity index (χ0n) is 12.4. The second kappa shape index (κ2) is 6.67. The highest BCUT2D eigenvalue weighted by Gasteiger charge is 2.11. The molecule has 2 heteroatoms. The summed E-state index contributed by atoms with van der Waals surface area (Å²) in [5, 5.41) is 3.29. The van der Waals surface area contributed by atoms with Crippen LogP contribution in [-0.2, 0) is 12.8 Å². The van der Waals surface area contributed by atoms with Gasteiger partial charge in [0.2, 0.25) is 0 Å². The Labute approximate surface area is 120 Å². The van der Waals surface area contributed by atoms with Crippen molar-refractivity contribution in [3.05, 3.63) is 70.5 Å². The van der Waals surface area contributed by atoms with Gasteiger partial charge in [-0.15, -0.1) is 0 Å². The average molecular weight is 271 g/mol. The Morgan fingerprint density at radius 2 is 1.75 bits per heavy atom. The van der Waals surface area contributed by atoms with Crippen molar-refractivity contribution in [2.24, 2.45) is 0 Å². The van der Waals surface area contributed by atoms with Crippen LogP contribution in [-0.4, -0.2) is 13.1 Å². The molecule has 106 valence electrons. The van der Waals surface area contributed by atoms with E-state index in [1.54, 1.807) is 6.07 Å². The maximum absolute atomic E-state index is 13.7. The van der Waals surface area contributed by atoms with Gasteiger partial charge in [-0.3, -0.25) is 0 Å². The molecule has 0 heterocycles. The first-order chi connectivity index (χ1) is 9.60. The summed E-state index contributed by atoms with van der Waals surface area (Å²) in [6, 6.07) is 13.8. The molecular formula is C18H22FN. The summed E-state index contributed by atoms with van der Waals surface area (Å²) >= 11 is 0. The molecule has 1 unspecified atom stereocenters. The quantitative estimate of drug-likeness (QED) is 0.872. The molecule has 0 radical (unpaired) electrons. The highest BCUT2D eigenvalue weighted by molar-refractivity contribution is 5.30. The number of likely N-dealkylation sites (N-methyl/N-ethyl adjacent to an activating group) is 1. The maximum Gasteiger partial charge on any atom is 0.126 e. The summed E-state index contributed by atoms with van der Waals surface area (Å²) in [7, 11) is 1.94. The first-order valence-corrected chi connectivity index (χ1v) is 7.07. The zero-order chi connectivity index (χ0) is 14.5. The molecular weight excluding hydrogens is 249 g/mol. The number of rotatable bonds is 5. The van der Waals surface area contributed by atoms with Crippen LogP contribution in [0.25, 0.3) is 0 Å². The van der Waals surface area contributed by atoms with Crippen molar-refractivity contribution in [3.63, 3.8) is 0 Å². The van der Waals surface area contributed by atoms with Gasteiger partial charge in [-0.05, 0) is 62.1 Å². The van der Waals surface area contributed by atoms with E-state index in [1.807, 2.05) is 19.2 Å². The van der Waals surface area contributed by atoms with Gasteiger partial charge in [0.25, 0.3) is 0 Å². The van der Waals surface area contributed by atoms with E-state index in [4.69, 9.17) is 0 Å². The van der Waals surface area contributed by atoms with Crippen LogP contribution in [0.3, 0.4) is 0 Å². The standard InChI is InChI=1S/C18H22FN/c1-13-8-9-15(10-14(13)2)11-17(20-3)12-16-6-4-5-7-18(16)19/h4-10,17,20H,11-12H2,1-3H3. The predicted octanol–water partition coefficient (Wildman–Crippen LogP) is 3.82. The smallest absolute Gasteiger partial charge is 0.126 e. The molecule has 0 saturated carbocycles. The van der Waals surface area contributed by atoms with Gasteiger partial charge < -0.3 is 5.32 Å². The molecule has 20 heavy (non-hydrogen) atoms. The van der Waals surface area contributed by atoms with Gasteiger partial charge in [0, 0.05) is 6.04 Å². The highest BCUT2D eigenvalue weighted by Crippen LogP contribution is 2.15. The molecule has 0 saturated heterocycles. The molecule has 1 nitrogen and oxygen atoms in total. The minimum Gasteiger partial charge on any atom is -0.316 e. The number of aryl methyl sites for hydroxylation is 2. The lowest BCUT2D eigenvalue weighted by Crippen LogP contribution is -2.30. The van der Waals surface area contributed by atoms with Crippen LogP contribution >= 0.6 is 0 Å². The fraction of sp³-hybridized carbons (Fsp3) is 0.333. The van der Waals surface area contributed by atoms with Gasteiger partial charge in [-0.25, -0.2) is 4.39 Å². The van der Waals surface area contributed by atoms with Gasteiger partial charge in [0.15, 0.2) is 0 Å².